The Morgan fingerprint density at radius 1 is 1.03 bits per heavy atom. The molecule has 0 heterocycles. The van der Waals surface area contributed by atoms with E-state index < -0.39 is 4.92 Å². The highest BCUT2D eigenvalue weighted by Gasteiger charge is 2.18. The molecule has 0 atom stereocenters. The highest BCUT2D eigenvalue weighted by molar-refractivity contribution is 6.30. The molecule has 0 fully saturated rings. The molecule has 0 aliphatic heterocycles. The van der Waals surface area contributed by atoms with Gasteiger partial charge in [-0.05, 0) is 68.3 Å². The van der Waals surface area contributed by atoms with Gasteiger partial charge in [-0.1, -0.05) is 29.3 Å². The minimum atomic E-state index is -0.585. The molecule has 0 aliphatic carbocycles. The summed E-state index contributed by atoms with van der Waals surface area (Å²) < 4.78 is 5.59. The summed E-state index contributed by atoms with van der Waals surface area (Å²) in [6.07, 6.45) is 0. The summed E-state index contributed by atoms with van der Waals surface area (Å²) in [5, 5.41) is 14.3. The van der Waals surface area contributed by atoms with Gasteiger partial charge in [0.15, 0.2) is 0 Å². The van der Waals surface area contributed by atoms with E-state index in [1.165, 1.54) is 54.4 Å². The van der Waals surface area contributed by atoms with Gasteiger partial charge in [-0.2, -0.15) is 0 Å². The second-order valence-electron chi connectivity index (χ2n) is 7.98. The number of carbonyl (C=O) groups is 2. The van der Waals surface area contributed by atoms with Gasteiger partial charge in [-0.15, -0.1) is 0 Å². The Bertz CT molecular complexity index is 1230. The molecule has 2 amide bonds. The minimum Gasteiger partial charge on any atom is -0.450 e. The van der Waals surface area contributed by atoms with E-state index in [1.54, 1.807) is 0 Å². The zero-order chi connectivity index (χ0) is 25.0. The van der Waals surface area contributed by atoms with E-state index in [1.807, 2.05) is 32.9 Å². The highest BCUT2D eigenvalue weighted by atomic mass is 35.5. The molecule has 0 aliphatic rings. The van der Waals surface area contributed by atoms with Crippen molar-refractivity contribution in [3.63, 3.8) is 0 Å². The molecule has 34 heavy (non-hydrogen) atoms. The Labute approximate surface area is 202 Å². The molecule has 0 unspecified atom stereocenters. The topological polar surface area (TPSA) is 102 Å². The van der Waals surface area contributed by atoms with Gasteiger partial charge in [0.25, 0.3) is 5.91 Å². The van der Waals surface area contributed by atoms with E-state index in [9.17, 15) is 19.7 Å². The normalized spacial score (nSPS) is 10.5. The molecule has 0 bridgehead atoms. The number of rotatable bonds is 7. The first-order valence-electron chi connectivity index (χ1n) is 10.4. The van der Waals surface area contributed by atoms with Crippen LogP contribution in [0.2, 0.25) is 5.02 Å². The summed E-state index contributed by atoms with van der Waals surface area (Å²) in [4.78, 5) is 37.2. The van der Waals surface area contributed by atoms with E-state index in [-0.39, 0.29) is 34.8 Å². The zero-order valence-corrected chi connectivity index (χ0v) is 20.0. The van der Waals surface area contributed by atoms with Gasteiger partial charge < -0.3 is 15.0 Å². The average molecular weight is 482 g/mol. The fourth-order valence-electron chi connectivity index (χ4n) is 3.58. The van der Waals surface area contributed by atoms with Crippen molar-refractivity contribution in [1.82, 2.24) is 4.90 Å². The summed E-state index contributed by atoms with van der Waals surface area (Å²) in [5.74, 6) is -0.311. The maximum Gasteiger partial charge on any atom is 0.313 e. The Balaban J connectivity index is 1.65. The fourth-order valence-corrected chi connectivity index (χ4v) is 3.74. The summed E-state index contributed by atoms with van der Waals surface area (Å²) in [5.41, 5.74) is 3.84. The van der Waals surface area contributed by atoms with Gasteiger partial charge in [-0.25, -0.2) is 0 Å². The number of benzene rings is 3. The van der Waals surface area contributed by atoms with Crippen molar-refractivity contribution in [1.29, 1.82) is 0 Å². The first-order chi connectivity index (χ1) is 16.0. The Hall–Kier alpha value is -3.91. The number of ether oxygens (including phenoxy) is 1. The minimum absolute atomic E-state index is 0.0314. The third kappa shape index (κ3) is 5.90. The van der Waals surface area contributed by atoms with Crippen LogP contribution in [-0.2, 0) is 4.79 Å². The monoisotopic (exact) mass is 481 g/mol. The van der Waals surface area contributed by atoms with E-state index in [4.69, 9.17) is 16.3 Å². The van der Waals surface area contributed by atoms with Crippen LogP contribution in [0.3, 0.4) is 0 Å². The molecule has 9 heteroatoms. The first-order valence-corrected chi connectivity index (χ1v) is 10.8. The van der Waals surface area contributed by atoms with Gasteiger partial charge in [-0.3, -0.25) is 19.7 Å². The van der Waals surface area contributed by atoms with Crippen molar-refractivity contribution in [2.45, 2.75) is 20.8 Å². The third-order valence-electron chi connectivity index (χ3n) is 5.12. The van der Waals surface area contributed by atoms with Gasteiger partial charge in [0, 0.05) is 29.4 Å². The Morgan fingerprint density at radius 3 is 2.24 bits per heavy atom. The maximum absolute atomic E-state index is 12.8. The van der Waals surface area contributed by atoms with Crippen LogP contribution >= 0.6 is 11.6 Å². The molecule has 0 saturated heterocycles. The lowest BCUT2D eigenvalue weighted by Crippen LogP contribution is -2.35. The molecule has 0 spiro atoms. The second-order valence-corrected chi connectivity index (χ2v) is 8.42. The molecule has 0 aromatic heterocycles. The number of carbonyl (C=O) groups excluding carboxylic acids is 2. The molecular formula is C25H24ClN3O5. The third-order valence-corrected chi connectivity index (χ3v) is 5.35. The van der Waals surface area contributed by atoms with Crippen molar-refractivity contribution in [2.75, 3.05) is 18.9 Å². The van der Waals surface area contributed by atoms with E-state index >= 15 is 0 Å². The second kappa shape index (κ2) is 10.4. The van der Waals surface area contributed by atoms with Crippen molar-refractivity contribution in [2.24, 2.45) is 0 Å². The van der Waals surface area contributed by atoms with Gasteiger partial charge in [0.05, 0.1) is 11.5 Å². The molecule has 3 rings (SSSR count). The van der Waals surface area contributed by atoms with Crippen molar-refractivity contribution in [3.05, 3.63) is 92.0 Å². The number of likely N-dealkylation sites (N-methyl/N-ethyl adjacent to an activating group) is 1. The molecule has 1 N–H and O–H groups in total. The molecular weight excluding hydrogens is 458 g/mol. The lowest BCUT2D eigenvalue weighted by atomic mass is 10.1. The molecule has 0 radical (unpaired) electrons. The van der Waals surface area contributed by atoms with E-state index in [0.717, 1.165) is 22.4 Å². The fraction of sp³-hybridized carbons (Fsp3) is 0.200. The van der Waals surface area contributed by atoms with Crippen LogP contribution in [0.25, 0.3) is 0 Å². The number of nitro groups is 1. The highest BCUT2D eigenvalue weighted by Crippen LogP contribution is 2.33. The predicted molar refractivity (Wildman–Crippen MR) is 131 cm³/mol. The number of aryl methyl sites for hydroxylation is 3. The van der Waals surface area contributed by atoms with Crippen LogP contribution < -0.4 is 10.1 Å². The lowest BCUT2D eigenvalue weighted by molar-refractivity contribution is -0.385. The number of amides is 2. The number of halogens is 1. The maximum atomic E-state index is 12.8. The van der Waals surface area contributed by atoms with Crippen LogP contribution in [0.4, 0.5) is 11.4 Å². The first kappa shape index (κ1) is 24.7. The quantitative estimate of drug-likeness (QED) is 0.345. The van der Waals surface area contributed by atoms with Crippen molar-refractivity contribution in [3.8, 4) is 11.5 Å². The molecule has 176 valence electrons. The number of hydrogen-bond donors (Lipinski definition) is 1. The van der Waals surface area contributed by atoms with Crippen LogP contribution in [0.1, 0.15) is 27.0 Å². The average Bonchev–Trinajstić information content (AvgIpc) is 2.77. The molecule has 0 saturated carbocycles. The van der Waals surface area contributed by atoms with Gasteiger partial charge in [0.1, 0.15) is 5.75 Å². The number of nitrogens with one attached hydrogen (secondary N) is 1. The number of anilines is 1. The van der Waals surface area contributed by atoms with Crippen molar-refractivity contribution < 1.29 is 19.2 Å². The van der Waals surface area contributed by atoms with Gasteiger partial charge >= 0.3 is 5.69 Å². The number of nitrogens with zero attached hydrogens (tertiary/aromatic N) is 2. The predicted octanol–water partition coefficient (Wildman–Crippen LogP) is 5.68. The summed E-state index contributed by atoms with van der Waals surface area (Å²) in [6.45, 7) is 5.71. The van der Waals surface area contributed by atoms with E-state index in [2.05, 4.69) is 5.32 Å². The summed E-state index contributed by atoms with van der Waals surface area (Å²) in [7, 11) is 1.54. The lowest BCUT2D eigenvalue weighted by Gasteiger charge is -2.18. The molecule has 3 aromatic rings. The standard InChI is InChI=1S/C25H24ClN3O5/c1-15-11-16(2)24(17(3)12-15)27-23(30)14-28(4)25(31)18-5-8-20(9-6-18)34-22-10-7-19(26)13-21(22)29(32)33/h5-13H,14H2,1-4H3,(H,27,30). The van der Waals surface area contributed by atoms with Crippen LogP contribution in [0.15, 0.2) is 54.6 Å². The summed E-state index contributed by atoms with van der Waals surface area (Å²) in [6, 6.07) is 14.2. The van der Waals surface area contributed by atoms with E-state index in [0.29, 0.717) is 11.3 Å². The SMILES string of the molecule is Cc1cc(C)c(NC(=O)CN(C)C(=O)c2ccc(Oc3ccc(Cl)cc3[N+](=O)[O-])cc2)c(C)c1. The zero-order valence-electron chi connectivity index (χ0n) is 19.2. The summed E-state index contributed by atoms with van der Waals surface area (Å²) >= 11 is 5.82. The Kier molecular flexibility index (Phi) is 7.53. The van der Waals surface area contributed by atoms with Crippen LogP contribution in [-0.4, -0.2) is 35.2 Å². The molecule has 3 aromatic carbocycles. The van der Waals surface area contributed by atoms with Crippen LogP contribution in [0, 0.1) is 30.9 Å². The van der Waals surface area contributed by atoms with Crippen molar-refractivity contribution >= 4 is 34.8 Å². The number of hydrogen-bond acceptors (Lipinski definition) is 5. The Morgan fingerprint density at radius 2 is 1.65 bits per heavy atom. The molecule has 8 nitrogen and oxygen atoms in total. The van der Waals surface area contributed by atoms with Crippen LogP contribution in [0.5, 0.6) is 11.5 Å². The number of nitro benzene ring substituents is 1. The largest absolute Gasteiger partial charge is 0.450 e. The smallest absolute Gasteiger partial charge is 0.313 e. The van der Waals surface area contributed by atoms with Gasteiger partial charge in [0.2, 0.25) is 11.7 Å².